The van der Waals surface area contributed by atoms with E-state index in [1.54, 1.807) is 0 Å². The lowest BCUT2D eigenvalue weighted by Crippen LogP contribution is -2.41. The summed E-state index contributed by atoms with van der Waals surface area (Å²) in [7, 11) is 0. The molecule has 1 aliphatic rings. The van der Waals surface area contributed by atoms with E-state index in [-0.39, 0.29) is 11.0 Å². The van der Waals surface area contributed by atoms with Crippen LogP contribution in [0.5, 0.6) is 0 Å². The highest BCUT2D eigenvalue weighted by Gasteiger charge is 2.49. The van der Waals surface area contributed by atoms with Gasteiger partial charge >= 0.3 is 0 Å². The van der Waals surface area contributed by atoms with Crippen molar-refractivity contribution in [1.29, 1.82) is 0 Å². The Kier molecular flexibility index (Phi) is 2.79. The average molecular weight is 191 g/mol. The van der Waals surface area contributed by atoms with Gasteiger partial charge in [0.2, 0.25) is 0 Å². The number of alkyl halides is 1. The molecule has 0 aromatic carbocycles. The molecule has 70 valence electrons. The van der Waals surface area contributed by atoms with Gasteiger partial charge in [-0.1, -0.05) is 0 Å². The molecular weight excluding hydrogens is 176 g/mol. The topological polar surface area (TPSA) is 26.3 Å². The van der Waals surface area contributed by atoms with Crippen molar-refractivity contribution < 1.29 is 9.53 Å². The molecule has 0 amide bonds. The molecule has 0 aromatic rings. The molecule has 0 aromatic heterocycles. The predicted molar refractivity (Wildman–Crippen MR) is 48.5 cm³/mol. The van der Waals surface area contributed by atoms with Crippen LogP contribution >= 0.6 is 11.6 Å². The van der Waals surface area contributed by atoms with Gasteiger partial charge in [0.25, 0.3) is 0 Å². The van der Waals surface area contributed by atoms with Gasteiger partial charge in [-0.05, 0) is 26.7 Å². The minimum Gasteiger partial charge on any atom is -0.375 e. The summed E-state index contributed by atoms with van der Waals surface area (Å²) in [6, 6.07) is 0. The molecule has 1 atom stereocenters. The van der Waals surface area contributed by atoms with E-state index in [9.17, 15) is 4.79 Å². The predicted octanol–water partition coefficient (Wildman–Crippen LogP) is 2.00. The molecule has 1 saturated heterocycles. The Balaban J connectivity index is 2.83. The maximum atomic E-state index is 11.0. The molecule has 0 aliphatic carbocycles. The molecule has 0 N–H and O–H groups in total. The van der Waals surface area contributed by atoms with E-state index < -0.39 is 0 Å². The Morgan fingerprint density at radius 1 is 1.58 bits per heavy atom. The second-order valence-electron chi connectivity index (χ2n) is 3.82. The fourth-order valence-electron chi connectivity index (χ4n) is 1.79. The molecule has 1 heterocycles. The van der Waals surface area contributed by atoms with E-state index in [1.165, 1.54) is 0 Å². The number of carbonyl (C=O) groups is 1. The molecule has 1 rings (SSSR count). The SMILES string of the molecule is CC1(C)OCCC1(C=O)CCCl. The monoisotopic (exact) mass is 190 g/mol. The van der Waals surface area contributed by atoms with Gasteiger partial charge in [0.05, 0.1) is 11.0 Å². The molecular formula is C9H15ClO2. The fourth-order valence-corrected chi connectivity index (χ4v) is 2.12. The van der Waals surface area contributed by atoms with Crippen molar-refractivity contribution in [3.05, 3.63) is 0 Å². The zero-order valence-corrected chi connectivity index (χ0v) is 8.36. The third-order valence-electron chi connectivity index (χ3n) is 2.98. The zero-order chi connectivity index (χ0) is 9.24. The number of hydrogen-bond donors (Lipinski definition) is 0. The summed E-state index contributed by atoms with van der Waals surface area (Å²) in [5.74, 6) is 0.519. The molecule has 3 heteroatoms. The van der Waals surface area contributed by atoms with Crippen LogP contribution in [0.4, 0.5) is 0 Å². The number of carbonyl (C=O) groups excluding carboxylic acids is 1. The maximum absolute atomic E-state index is 11.0. The number of halogens is 1. The van der Waals surface area contributed by atoms with Crippen LogP contribution in [0.3, 0.4) is 0 Å². The van der Waals surface area contributed by atoms with Gasteiger partial charge in [0.1, 0.15) is 6.29 Å². The molecule has 12 heavy (non-hydrogen) atoms. The second-order valence-corrected chi connectivity index (χ2v) is 4.20. The largest absolute Gasteiger partial charge is 0.375 e. The molecule has 2 nitrogen and oxygen atoms in total. The first kappa shape index (κ1) is 10.0. The Bertz CT molecular complexity index is 179. The van der Waals surface area contributed by atoms with Crippen LogP contribution in [0.1, 0.15) is 26.7 Å². The van der Waals surface area contributed by atoms with Gasteiger partial charge in [-0.15, -0.1) is 11.6 Å². The van der Waals surface area contributed by atoms with Gasteiger partial charge < -0.3 is 9.53 Å². The molecule has 0 bridgehead atoms. The lowest BCUT2D eigenvalue weighted by Gasteiger charge is -2.34. The number of ether oxygens (including phenoxy) is 1. The minimum absolute atomic E-state index is 0.344. The zero-order valence-electron chi connectivity index (χ0n) is 7.60. The number of rotatable bonds is 3. The summed E-state index contributed by atoms with van der Waals surface area (Å²) in [6.45, 7) is 4.59. The molecule has 0 saturated carbocycles. The normalized spacial score (nSPS) is 33.6. The van der Waals surface area contributed by atoms with Crippen molar-refractivity contribution >= 4 is 17.9 Å². The van der Waals surface area contributed by atoms with E-state index in [2.05, 4.69) is 0 Å². The third-order valence-corrected chi connectivity index (χ3v) is 3.17. The van der Waals surface area contributed by atoms with Gasteiger partial charge in [0.15, 0.2) is 0 Å². The van der Waals surface area contributed by atoms with Gasteiger partial charge in [-0.25, -0.2) is 0 Å². The van der Waals surface area contributed by atoms with Crippen molar-refractivity contribution in [2.24, 2.45) is 5.41 Å². The van der Waals surface area contributed by atoms with Crippen LogP contribution in [0.15, 0.2) is 0 Å². The highest BCUT2D eigenvalue weighted by Crippen LogP contribution is 2.44. The van der Waals surface area contributed by atoms with Crippen LogP contribution in [0.25, 0.3) is 0 Å². The molecule has 0 radical (unpaired) electrons. The smallest absolute Gasteiger partial charge is 0.129 e. The van der Waals surface area contributed by atoms with E-state index in [0.717, 1.165) is 12.7 Å². The van der Waals surface area contributed by atoms with Crippen LogP contribution in [0, 0.1) is 5.41 Å². The Morgan fingerprint density at radius 2 is 2.25 bits per heavy atom. The summed E-state index contributed by atoms with van der Waals surface area (Å²) in [6.07, 6.45) is 2.53. The minimum atomic E-state index is -0.352. The van der Waals surface area contributed by atoms with Gasteiger partial charge in [0, 0.05) is 12.5 Å². The van der Waals surface area contributed by atoms with Crippen molar-refractivity contribution in [1.82, 2.24) is 0 Å². The van der Waals surface area contributed by atoms with E-state index in [4.69, 9.17) is 16.3 Å². The van der Waals surface area contributed by atoms with Crippen LogP contribution in [-0.2, 0) is 9.53 Å². The molecule has 0 spiro atoms. The van der Waals surface area contributed by atoms with Crippen molar-refractivity contribution in [2.75, 3.05) is 12.5 Å². The van der Waals surface area contributed by atoms with Crippen LogP contribution in [-0.4, -0.2) is 24.4 Å². The number of aldehydes is 1. The summed E-state index contributed by atoms with van der Waals surface area (Å²) < 4.78 is 5.51. The molecule has 1 aliphatic heterocycles. The summed E-state index contributed by atoms with van der Waals surface area (Å²) >= 11 is 5.66. The van der Waals surface area contributed by atoms with E-state index >= 15 is 0 Å². The molecule has 1 fully saturated rings. The summed E-state index contributed by atoms with van der Waals surface area (Å²) in [5.41, 5.74) is -0.696. The second kappa shape index (κ2) is 3.35. The number of hydrogen-bond acceptors (Lipinski definition) is 2. The Labute approximate surface area is 78.2 Å². The lowest BCUT2D eigenvalue weighted by atomic mass is 9.72. The standard InChI is InChI=1S/C9H15ClO2/c1-8(2)9(7-11,3-5-10)4-6-12-8/h7H,3-6H2,1-2H3. The molecule has 1 unspecified atom stereocenters. The van der Waals surface area contributed by atoms with Crippen molar-refractivity contribution in [3.63, 3.8) is 0 Å². The van der Waals surface area contributed by atoms with Crippen LogP contribution < -0.4 is 0 Å². The van der Waals surface area contributed by atoms with E-state index in [0.29, 0.717) is 18.9 Å². The first-order chi connectivity index (χ1) is 5.58. The quantitative estimate of drug-likeness (QED) is 0.503. The van der Waals surface area contributed by atoms with Crippen molar-refractivity contribution in [3.8, 4) is 0 Å². The average Bonchev–Trinajstić information content (AvgIpc) is 2.29. The highest BCUT2D eigenvalue weighted by molar-refractivity contribution is 6.18. The Hall–Kier alpha value is -0.0800. The fraction of sp³-hybridized carbons (Fsp3) is 0.889. The van der Waals surface area contributed by atoms with Gasteiger partial charge in [-0.2, -0.15) is 0 Å². The highest BCUT2D eigenvalue weighted by atomic mass is 35.5. The maximum Gasteiger partial charge on any atom is 0.129 e. The third kappa shape index (κ3) is 1.38. The van der Waals surface area contributed by atoms with Crippen molar-refractivity contribution in [2.45, 2.75) is 32.3 Å². The summed E-state index contributed by atoms with van der Waals surface area (Å²) in [5, 5.41) is 0. The lowest BCUT2D eigenvalue weighted by molar-refractivity contribution is -0.125. The first-order valence-electron chi connectivity index (χ1n) is 4.24. The summed E-state index contributed by atoms with van der Waals surface area (Å²) in [4.78, 5) is 11.0. The Morgan fingerprint density at radius 3 is 2.58 bits per heavy atom. The van der Waals surface area contributed by atoms with Gasteiger partial charge in [-0.3, -0.25) is 0 Å². The van der Waals surface area contributed by atoms with Crippen LogP contribution in [0.2, 0.25) is 0 Å². The first-order valence-corrected chi connectivity index (χ1v) is 4.78. The van der Waals surface area contributed by atoms with E-state index in [1.807, 2.05) is 13.8 Å².